The van der Waals surface area contributed by atoms with Gasteiger partial charge in [0, 0.05) is 19.7 Å². The zero-order valence-electron chi connectivity index (χ0n) is 11.3. The van der Waals surface area contributed by atoms with Gasteiger partial charge >= 0.3 is 0 Å². The molecular weight excluding hydrogens is 216 g/mol. The molecule has 0 aromatic rings. The Morgan fingerprint density at radius 2 is 2.24 bits per heavy atom. The first-order valence-corrected chi connectivity index (χ1v) is 6.76. The predicted molar refractivity (Wildman–Crippen MR) is 68.7 cm³/mol. The summed E-state index contributed by atoms with van der Waals surface area (Å²) in [5.41, 5.74) is 5.99. The van der Waals surface area contributed by atoms with Crippen LogP contribution in [0, 0.1) is 5.92 Å². The topological polar surface area (TPSA) is 55.6 Å². The van der Waals surface area contributed by atoms with Gasteiger partial charge < -0.3 is 15.4 Å². The smallest absolute Gasteiger partial charge is 0.239 e. The number of hydrogen-bond acceptors (Lipinski definition) is 3. The number of ether oxygens (including phenoxy) is 1. The van der Waals surface area contributed by atoms with Crippen LogP contribution in [0.25, 0.3) is 0 Å². The summed E-state index contributed by atoms with van der Waals surface area (Å²) >= 11 is 0. The minimum atomic E-state index is -0.374. The van der Waals surface area contributed by atoms with Crippen LogP contribution in [0.2, 0.25) is 0 Å². The predicted octanol–water partition coefficient (Wildman–Crippen LogP) is 1.39. The third-order valence-electron chi connectivity index (χ3n) is 3.68. The number of nitrogens with two attached hydrogens (primary N) is 1. The lowest BCUT2D eigenvalue weighted by Crippen LogP contribution is -2.49. The van der Waals surface area contributed by atoms with E-state index in [9.17, 15) is 4.79 Å². The third-order valence-corrected chi connectivity index (χ3v) is 3.68. The van der Waals surface area contributed by atoms with E-state index >= 15 is 0 Å². The van der Waals surface area contributed by atoms with Gasteiger partial charge in [0.15, 0.2) is 0 Å². The van der Waals surface area contributed by atoms with Gasteiger partial charge in [-0.1, -0.05) is 20.3 Å². The highest BCUT2D eigenvalue weighted by atomic mass is 16.5. The van der Waals surface area contributed by atoms with Crippen LogP contribution in [0.4, 0.5) is 0 Å². The average molecular weight is 242 g/mol. The normalized spacial score (nSPS) is 23.4. The molecule has 0 bridgehead atoms. The molecule has 1 saturated heterocycles. The van der Waals surface area contributed by atoms with E-state index in [1.54, 1.807) is 0 Å². The van der Waals surface area contributed by atoms with Crippen molar-refractivity contribution >= 4 is 5.91 Å². The number of likely N-dealkylation sites (N-methyl/N-ethyl adjacent to an activating group) is 1. The van der Waals surface area contributed by atoms with Crippen molar-refractivity contribution in [2.75, 3.05) is 19.7 Å². The summed E-state index contributed by atoms with van der Waals surface area (Å²) in [6.45, 7) is 8.32. The van der Waals surface area contributed by atoms with E-state index in [0.717, 1.165) is 25.9 Å². The van der Waals surface area contributed by atoms with Crippen LogP contribution in [-0.2, 0) is 9.53 Å². The Balaban J connectivity index is 2.50. The standard InChI is InChI=1S/C13H26N2O2/c1-4-10(3)12(14)13(16)15(5-2)9-11-7-6-8-17-11/h10-12H,4-9,14H2,1-3H3/t10?,11?,12-/m0/s1. The zero-order chi connectivity index (χ0) is 12.8. The summed E-state index contributed by atoms with van der Waals surface area (Å²) in [6.07, 6.45) is 3.31. The summed E-state index contributed by atoms with van der Waals surface area (Å²) in [7, 11) is 0. The largest absolute Gasteiger partial charge is 0.376 e. The Bertz CT molecular complexity index is 240. The van der Waals surface area contributed by atoms with E-state index in [-0.39, 0.29) is 24.0 Å². The molecule has 2 N–H and O–H groups in total. The minimum Gasteiger partial charge on any atom is -0.376 e. The molecule has 0 saturated carbocycles. The van der Waals surface area contributed by atoms with Crippen LogP contribution >= 0.6 is 0 Å². The monoisotopic (exact) mass is 242 g/mol. The molecule has 0 aromatic carbocycles. The molecule has 4 nitrogen and oxygen atoms in total. The molecule has 1 aliphatic rings. The molecule has 3 atom stereocenters. The molecule has 4 heteroatoms. The summed E-state index contributed by atoms with van der Waals surface area (Å²) in [5.74, 6) is 0.304. The van der Waals surface area contributed by atoms with Crippen molar-refractivity contribution in [2.45, 2.75) is 52.2 Å². The lowest BCUT2D eigenvalue weighted by Gasteiger charge is -2.28. The van der Waals surface area contributed by atoms with Crippen molar-refractivity contribution in [2.24, 2.45) is 11.7 Å². The van der Waals surface area contributed by atoms with Crippen LogP contribution in [0.5, 0.6) is 0 Å². The van der Waals surface area contributed by atoms with E-state index < -0.39 is 0 Å². The SMILES string of the molecule is CCC(C)[C@H](N)C(=O)N(CC)CC1CCCO1. The average Bonchev–Trinajstić information content (AvgIpc) is 2.85. The van der Waals surface area contributed by atoms with Crippen molar-refractivity contribution in [3.05, 3.63) is 0 Å². The second-order valence-corrected chi connectivity index (χ2v) is 4.92. The van der Waals surface area contributed by atoms with Crippen LogP contribution < -0.4 is 5.73 Å². The van der Waals surface area contributed by atoms with Crippen LogP contribution in [-0.4, -0.2) is 42.6 Å². The highest BCUT2D eigenvalue weighted by Gasteiger charge is 2.27. The Morgan fingerprint density at radius 3 is 2.71 bits per heavy atom. The van der Waals surface area contributed by atoms with Crippen molar-refractivity contribution in [1.82, 2.24) is 4.90 Å². The molecule has 0 aromatic heterocycles. The fourth-order valence-corrected chi connectivity index (χ4v) is 2.12. The first kappa shape index (κ1) is 14.5. The number of rotatable bonds is 6. The van der Waals surface area contributed by atoms with Gasteiger partial charge in [0.05, 0.1) is 12.1 Å². The van der Waals surface area contributed by atoms with Crippen molar-refractivity contribution in [3.8, 4) is 0 Å². The molecule has 1 heterocycles. The first-order chi connectivity index (χ1) is 8.10. The number of hydrogen-bond donors (Lipinski definition) is 1. The van der Waals surface area contributed by atoms with Crippen molar-refractivity contribution in [3.63, 3.8) is 0 Å². The Kier molecular flexibility index (Phi) is 5.92. The first-order valence-electron chi connectivity index (χ1n) is 6.76. The van der Waals surface area contributed by atoms with Gasteiger partial charge in [-0.25, -0.2) is 0 Å². The molecule has 1 aliphatic heterocycles. The van der Waals surface area contributed by atoms with Crippen LogP contribution in [0.1, 0.15) is 40.0 Å². The molecule has 1 rings (SSSR count). The van der Waals surface area contributed by atoms with Crippen LogP contribution in [0.3, 0.4) is 0 Å². The summed E-state index contributed by atoms with van der Waals surface area (Å²) in [6, 6.07) is -0.374. The lowest BCUT2D eigenvalue weighted by atomic mass is 9.98. The molecule has 17 heavy (non-hydrogen) atoms. The number of nitrogens with zero attached hydrogens (tertiary/aromatic N) is 1. The fraction of sp³-hybridized carbons (Fsp3) is 0.923. The van der Waals surface area contributed by atoms with Crippen molar-refractivity contribution in [1.29, 1.82) is 0 Å². The summed E-state index contributed by atoms with van der Waals surface area (Å²) in [4.78, 5) is 14.0. The second-order valence-electron chi connectivity index (χ2n) is 4.92. The zero-order valence-corrected chi connectivity index (χ0v) is 11.3. The lowest BCUT2D eigenvalue weighted by molar-refractivity contribution is -0.135. The Labute approximate surface area is 104 Å². The third kappa shape index (κ3) is 3.96. The molecule has 100 valence electrons. The van der Waals surface area contributed by atoms with Gasteiger partial charge in [-0.2, -0.15) is 0 Å². The summed E-state index contributed by atoms with van der Waals surface area (Å²) in [5, 5.41) is 0. The van der Waals surface area contributed by atoms with Gasteiger partial charge in [0.2, 0.25) is 5.91 Å². The van der Waals surface area contributed by atoms with Gasteiger partial charge in [-0.3, -0.25) is 4.79 Å². The van der Waals surface area contributed by atoms with Gasteiger partial charge in [0.25, 0.3) is 0 Å². The van der Waals surface area contributed by atoms with Crippen LogP contribution in [0.15, 0.2) is 0 Å². The fourth-order valence-electron chi connectivity index (χ4n) is 2.12. The van der Waals surface area contributed by atoms with Gasteiger partial charge in [-0.15, -0.1) is 0 Å². The highest BCUT2D eigenvalue weighted by Crippen LogP contribution is 2.15. The van der Waals surface area contributed by atoms with E-state index in [4.69, 9.17) is 10.5 Å². The van der Waals surface area contributed by atoms with Gasteiger partial charge in [0.1, 0.15) is 0 Å². The van der Waals surface area contributed by atoms with E-state index in [2.05, 4.69) is 6.92 Å². The van der Waals surface area contributed by atoms with E-state index in [0.29, 0.717) is 13.1 Å². The van der Waals surface area contributed by atoms with E-state index in [1.165, 1.54) is 0 Å². The molecule has 0 radical (unpaired) electrons. The van der Waals surface area contributed by atoms with Crippen molar-refractivity contribution < 1.29 is 9.53 Å². The summed E-state index contributed by atoms with van der Waals surface area (Å²) < 4.78 is 5.57. The molecule has 0 spiro atoms. The minimum absolute atomic E-state index is 0.0670. The number of amides is 1. The maximum Gasteiger partial charge on any atom is 0.239 e. The molecular formula is C13H26N2O2. The highest BCUT2D eigenvalue weighted by molar-refractivity contribution is 5.82. The maximum absolute atomic E-state index is 12.2. The molecule has 0 aliphatic carbocycles. The second kappa shape index (κ2) is 6.97. The molecule has 1 amide bonds. The van der Waals surface area contributed by atoms with E-state index in [1.807, 2.05) is 18.7 Å². The Morgan fingerprint density at radius 1 is 1.53 bits per heavy atom. The number of carbonyl (C=O) groups is 1. The molecule has 2 unspecified atom stereocenters. The number of carbonyl (C=O) groups excluding carboxylic acids is 1. The quantitative estimate of drug-likeness (QED) is 0.765. The van der Waals surface area contributed by atoms with Gasteiger partial charge in [-0.05, 0) is 25.7 Å². The molecule has 1 fully saturated rings. The maximum atomic E-state index is 12.2. The Hall–Kier alpha value is -0.610.